The predicted molar refractivity (Wildman–Crippen MR) is 118 cm³/mol. The first-order valence-electron chi connectivity index (χ1n) is 9.13. The van der Waals surface area contributed by atoms with Gasteiger partial charge in [0.05, 0.1) is 30.3 Å². The van der Waals surface area contributed by atoms with E-state index < -0.39 is 62.1 Å². The molecule has 1 aliphatic carbocycles. The van der Waals surface area contributed by atoms with Crippen LogP contribution >= 0.6 is 22.6 Å². The molecule has 1 fully saturated rings. The number of aliphatic hydroxyl groups excluding tert-OH is 2. The molecule has 4 N–H and O–H groups in total. The molecule has 0 saturated heterocycles. The molecular formula is C19H20F3IN2O5S. The molecule has 0 aromatic heterocycles. The lowest BCUT2D eigenvalue weighted by molar-refractivity contribution is 0.0858. The predicted octanol–water partition coefficient (Wildman–Crippen LogP) is 3.48. The lowest BCUT2D eigenvalue weighted by Crippen LogP contribution is -2.34. The molecule has 170 valence electrons. The molecule has 1 aliphatic rings. The van der Waals surface area contributed by atoms with Crippen LogP contribution in [0.1, 0.15) is 19.3 Å². The Bertz CT molecular complexity index is 1100. The van der Waals surface area contributed by atoms with Crippen LogP contribution in [0.25, 0.3) is 0 Å². The van der Waals surface area contributed by atoms with Crippen LogP contribution in [0.5, 0.6) is 5.75 Å². The Morgan fingerprint density at radius 3 is 2.42 bits per heavy atom. The normalized spacial score (nSPS) is 16.0. The summed E-state index contributed by atoms with van der Waals surface area (Å²) in [5.74, 6) is -3.53. The van der Waals surface area contributed by atoms with E-state index in [0.717, 1.165) is 13.2 Å². The molecule has 0 spiro atoms. The lowest BCUT2D eigenvalue weighted by Gasteiger charge is -2.22. The first kappa shape index (κ1) is 23.9. The Morgan fingerprint density at radius 2 is 1.87 bits per heavy atom. The molecular weight excluding hydrogens is 552 g/mol. The molecule has 7 nitrogen and oxygen atoms in total. The van der Waals surface area contributed by atoms with Crippen LogP contribution < -0.4 is 14.8 Å². The van der Waals surface area contributed by atoms with E-state index in [0.29, 0.717) is 9.64 Å². The third-order valence-electron chi connectivity index (χ3n) is 5.03. The summed E-state index contributed by atoms with van der Waals surface area (Å²) >= 11 is 1.88. The van der Waals surface area contributed by atoms with Crippen molar-refractivity contribution in [2.75, 3.05) is 23.8 Å². The van der Waals surface area contributed by atoms with E-state index in [-0.39, 0.29) is 24.9 Å². The molecule has 1 unspecified atom stereocenters. The van der Waals surface area contributed by atoms with Gasteiger partial charge in [0, 0.05) is 9.64 Å². The summed E-state index contributed by atoms with van der Waals surface area (Å²) in [6.45, 7) is -0.637. The molecule has 0 radical (unpaired) electrons. The molecule has 1 atom stereocenters. The van der Waals surface area contributed by atoms with Gasteiger partial charge < -0.3 is 20.3 Å². The van der Waals surface area contributed by atoms with Gasteiger partial charge in [-0.2, -0.15) is 0 Å². The third-order valence-corrected chi connectivity index (χ3v) is 7.88. The average Bonchev–Trinajstić information content (AvgIpc) is 3.49. The van der Waals surface area contributed by atoms with Crippen LogP contribution in [0.15, 0.2) is 24.3 Å². The number of aliphatic hydroxyl groups is 2. The molecule has 0 aliphatic heterocycles. The van der Waals surface area contributed by atoms with Crippen molar-refractivity contribution < 1.29 is 36.5 Å². The zero-order valence-corrected chi connectivity index (χ0v) is 19.2. The zero-order valence-electron chi connectivity index (χ0n) is 16.3. The van der Waals surface area contributed by atoms with Crippen LogP contribution in [0, 0.1) is 21.0 Å². The monoisotopic (exact) mass is 572 g/mol. The first-order valence-corrected chi connectivity index (χ1v) is 11.7. The number of ether oxygens (including phenoxy) is 1. The van der Waals surface area contributed by atoms with Gasteiger partial charge in [-0.15, -0.1) is 0 Å². The average molecular weight is 572 g/mol. The van der Waals surface area contributed by atoms with Crippen molar-refractivity contribution in [1.82, 2.24) is 0 Å². The van der Waals surface area contributed by atoms with Gasteiger partial charge in [-0.3, -0.25) is 4.72 Å². The van der Waals surface area contributed by atoms with E-state index in [1.807, 2.05) is 22.6 Å². The van der Waals surface area contributed by atoms with Crippen LogP contribution in [0.2, 0.25) is 0 Å². The van der Waals surface area contributed by atoms with Crippen molar-refractivity contribution >= 4 is 49.7 Å². The summed E-state index contributed by atoms with van der Waals surface area (Å²) in [5, 5.41) is 21.1. The number of benzene rings is 2. The van der Waals surface area contributed by atoms with Crippen molar-refractivity contribution in [2.24, 2.45) is 0 Å². The van der Waals surface area contributed by atoms with Crippen LogP contribution in [0.3, 0.4) is 0 Å². The summed E-state index contributed by atoms with van der Waals surface area (Å²) in [6, 6.07) is 4.66. The summed E-state index contributed by atoms with van der Waals surface area (Å²) in [6.07, 6.45) is -1.20. The molecule has 12 heteroatoms. The van der Waals surface area contributed by atoms with Gasteiger partial charge in [-0.05, 0) is 60.1 Å². The molecule has 0 bridgehead atoms. The van der Waals surface area contributed by atoms with Crippen LogP contribution in [-0.4, -0.2) is 43.2 Å². The van der Waals surface area contributed by atoms with Gasteiger partial charge >= 0.3 is 0 Å². The van der Waals surface area contributed by atoms with E-state index in [9.17, 15) is 26.7 Å². The number of anilines is 3. The second kappa shape index (κ2) is 9.00. The number of methoxy groups -OCH3 is 1. The molecule has 31 heavy (non-hydrogen) atoms. The molecule has 1 saturated carbocycles. The molecule has 0 amide bonds. The Labute approximate surface area is 190 Å². The van der Waals surface area contributed by atoms with E-state index in [4.69, 9.17) is 9.84 Å². The third kappa shape index (κ3) is 4.86. The van der Waals surface area contributed by atoms with Gasteiger partial charge in [-0.25, -0.2) is 21.6 Å². The first-order chi connectivity index (χ1) is 14.5. The highest BCUT2D eigenvalue weighted by Gasteiger charge is 2.55. The highest BCUT2D eigenvalue weighted by molar-refractivity contribution is 14.1. The van der Waals surface area contributed by atoms with E-state index >= 15 is 0 Å². The minimum absolute atomic E-state index is 0.175. The maximum absolute atomic E-state index is 15.0. The van der Waals surface area contributed by atoms with Gasteiger partial charge in [0.15, 0.2) is 17.4 Å². The highest BCUT2D eigenvalue weighted by Crippen LogP contribution is 2.49. The maximum atomic E-state index is 15.0. The SMILES string of the molecule is COc1cc(F)c(NS(=O)(=O)C2(CC(O)CO)CC2)c(Nc2ccc(I)cc2F)c1F. The Morgan fingerprint density at radius 1 is 1.19 bits per heavy atom. The fraction of sp³-hybridized carbons (Fsp3) is 0.368. The van der Waals surface area contributed by atoms with Crippen LogP contribution in [-0.2, 0) is 10.0 Å². The fourth-order valence-corrected chi connectivity index (χ4v) is 5.34. The summed E-state index contributed by atoms with van der Waals surface area (Å²) in [4.78, 5) is 0. The Kier molecular flexibility index (Phi) is 6.93. The number of rotatable bonds is 9. The number of hydrogen-bond donors (Lipinski definition) is 4. The maximum Gasteiger partial charge on any atom is 0.238 e. The van der Waals surface area contributed by atoms with Gasteiger partial charge in [0.2, 0.25) is 10.0 Å². The van der Waals surface area contributed by atoms with Gasteiger partial charge in [0.1, 0.15) is 17.2 Å². The Hall–Kier alpha value is -1.77. The number of nitrogens with one attached hydrogen (secondary N) is 2. The quantitative estimate of drug-likeness (QED) is 0.343. The van der Waals surface area contributed by atoms with E-state index in [1.165, 1.54) is 12.1 Å². The molecule has 3 rings (SSSR count). The van der Waals surface area contributed by atoms with E-state index in [1.54, 1.807) is 0 Å². The molecule has 0 heterocycles. The van der Waals surface area contributed by atoms with Crippen molar-refractivity contribution in [3.63, 3.8) is 0 Å². The number of sulfonamides is 1. The topological polar surface area (TPSA) is 108 Å². The minimum Gasteiger partial charge on any atom is -0.493 e. The minimum atomic E-state index is -4.30. The van der Waals surface area contributed by atoms with Crippen molar-refractivity contribution in [3.8, 4) is 5.75 Å². The van der Waals surface area contributed by atoms with Gasteiger partial charge in [0.25, 0.3) is 0 Å². The number of hydrogen-bond acceptors (Lipinski definition) is 6. The standard InChI is InChI=1S/C19H20F3IN2O5S/c1-30-15-7-13(21)17(25-31(28,29)19(4-5-19)8-11(27)9-26)18(16(15)22)24-14-3-2-10(23)6-12(14)20/h2-3,6-7,11,24-27H,4-5,8-9H2,1H3. The summed E-state index contributed by atoms with van der Waals surface area (Å²) < 4.78 is 76.0. The fourth-order valence-electron chi connectivity index (χ4n) is 3.15. The largest absolute Gasteiger partial charge is 0.493 e. The Balaban J connectivity index is 2.05. The number of halogens is 4. The van der Waals surface area contributed by atoms with Crippen molar-refractivity contribution in [2.45, 2.75) is 30.1 Å². The van der Waals surface area contributed by atoms with Crippen molar-refractivity contribution in [3.05, 3.63) is 45.3 Å². The second-order valence-electron chi connectivity index (χ2n) is 7.20. The summed E-state index contributed by atoms with van der Waals surface area (Å²) in [5.41, 5.74) is -1.61. The smallest absolute Gasteiger partial charge is 0.238 e. The lowest BCUT2D eigenvalue weighted by atomic mass is 10.2. The molecule has 2 aromatic carbocycles. The highest BCUT2D eigenvalue weighted by atomic mass is 127. The van der Waals surface area contributed by atoms with E-state index in [2.05, 4.69) is 10.0 Å². The van der Waals surface area contributed by atoms with Crippen molar-refractivity contribution in [1.29, 1.82) is 0 Å². The molecule has 2 aromatic rings. The second-order valence-corrected chi connectivity index (χ2v) is 10.5. The zero-order chi connectivity index (χ0) is 23.0. The summed E-state index contributed by atoms with van der Waals surface area (Å²) in [7, 11) is -3.20. The van der Waals surface area contributed by atoms with Crippen LogP contribution in [0.4, 0.5) is 30.2 Å². The van der Waals surface area contributed by atoms with Gasteiger partial charge in [-0.1, -0.05) is 0 Å².